The first-order valence-electron chi connectivity index (χ1n) is 7.39. The minimum atomic E-state index is -0.883. The third-order valence-corrected chi connectivity index (χ3v) is 3.51. The molecule has 1 aliphatic rings. The lowest BCUT2D eigenvalue weighted by molar-refractivity contribution is -0.137. The minimum Gasteiger partial charge on any atom is -0.481 e. The molecule has 118 valence electrons. The number of rotatable bonds is 7. The monoisotopic (exact) mass is 304 g/mol. The molecule has 0 radical (unpaired) electrons. The molecule has 6 heteroatoms. The van der Waals surface area contributed by atoms with Gasteiger partial charge in [0, 0.05) is 29.6 Å². The van der Waals surface area contributed by atoms with Gasteiger partial charge < -0.3 is 15.7 Å². The van der Waals surface area contributed by atoms with Crippen molar-refractivity contribution in [1.82, 2.24) is 5.32 Å². The van der Waals surface area contributed by atoms with Crippen LogP contribution in [0.4, 0.5) is 5.69 Å². The van der Waals surface area contributed by atoms with Gasteiger partial charge in [0.2, 0.25) is 5.91 Å². The molecule has 2 amide bonds. The first kappa shape index (κ1) is 16.0. The zero-order valence-electron chi connectivity index (χ0n) is 12.5. The van der Waals surface area contributed by atoms with Crippen molar-refractivity contribution in [2.75, 3.05) is 5.32 Å². The number of hydrogen-bond donors (Lipinski definition) is 3. The van der Waals surface area contributed by atoms with Crippen LogP contribution in [0.1, 0.15) is 43.0 Å². The van der Waals surface area contributed by atoms with Gasteiger partial charge in [0.05, 0.1) is 0 Å². The van der Waals surface area contributed by atoms with E-state index in [-0.39, 0.29) is 30.2 Å². The maximum atomic E-state index is 12.1. The number of carboxylic acids is 1. The third-order valence-electron chi connectivity index (χ3n) is 3.51. The highest BCUT2D eigenvalue weighted by atomic mass is 16.4. The average molecular weight is 304 g/mol. The second-order valence-electron chi connectivity index (χ2n) is 5.65. The summed E-state index contributed by atoms with van der Waals surface area (Å²) in [6.07, 6.45) is 2.23. The second kappa shape index (κ2) is 7.06. The number of aliphatic carboxylic acids is 1. The molecular formula is C16H20N2O4. The molecule has 1 aromatic carbocycles. The summed E-state index contributed by atoms with van der Waals surface area (Å²) in [5.74, 6) is -1.06. The molecule has 0 heterocycles. The third kappa shape index (κ3) is 4.87. The first-order chi connectivity index (χ1) is 10.5. The average Bonchev–Trinajstić information content (AvgIpc) is 3.30. The minimum absolute atomic E-state index is 0.00705. The quantitative estimate of drug-likeness (QED) is 0.718. The summed E-state index contributed by atoms with van der Waals surface area (Å²) in [6, 6.07) is 6.50. The summed E-state index contributed by atoms with van der Waals surface area (Å²) in [5.41, 5.74) is 1.04. The number of hydrogen-bond acceptors (Lipinski definition) is 3. The summed E-state index contributed by atoms with van der Waals surface area (Å²) in [5, 5.41) is 14.2. The molecule has 2 rings (SSSR count). The van der Waals surface area contributed by atoms with Gasteiger partial charge in [0.25, 0.3) is 5.91 Å². The summed E-state index contributed by atoms with van der Waals surface area (Å²) in [4.78, 5) is 34.3. The summed E-state index contributed by atoms with van der Waals surface area (Å²) >= 11 is 0. The molecule has 1 unspecified atom stereocenters. The SMILES string of the molecule is CC(CCC(=O)O)NC(=O)c1cccc(NC(=O)C2CC2)c1. The topological polar surface area (TPSA) is 95.5 Å². The summed E-state index contributed by atoms with van der Waals surface area (Å²) < 4.78 is 0. The second-order valence-corrected chi connectivity index (χ2v) is 5.65. The molecule has 0 aliphatic heterocycles. The van der Waals surface area contributed by atoms with E-state index in [1.165, 1.54) is 0 Å². The Labute approximate surface area is 128 Å². The largest absolute Gasteiger partial charge is 0.481 e. The maximum absolute atomic E-state index is 12.1. The van der Waals surface area contributed by atoms with Crippen LogP contribution in [0.5, 0.6) is 0 Å². The normalized spacial score (nSPS) is 15.0. The number of benzene rings is 1. The molecule has 0 bridgehead atoms. The fraction of sp³-hybridized carbons (Fsp3) is 0.438. The molecule has 1 aliphatic carbocycles. The van der Waals surface area contributed by atoms with Gasteiger partial charge in [-0.25, -0.2) is 0 Å². The van der Waals surface area contributed by atoms with Gasteiger partial charge in [-0.05, 0) is 44.4 Å². The van der Waals surface area contributed by atoms with Crippen molar-refractivity contribution < 1.29 is 19.5 Å². The Morgan fingerprint density at radius 3 is 2.68 bits per heavy atom. The van der Waals surface area contributed by atoms with Crippen LogP contribution in [0, 0.1) is 5.92 Å². The molecule has 6 nitrogen and oxygen atoms in total. The lowest BCUT2D eigenvalue weighted by atomic mass is 10.1. The predicted octanol–water partition coefficient (Wildman–Crippen LogP) is 2.02. The van der Waals surface area contributed by atoms with E-state index in [0.29, 0.717) is 17.7 Å². The number of carbonyl (C=O) groups is 3. The standard InChI is InChI=1S/C16H20N2O4/c1-10(5-8-14(19)20)17-16(22)12-3-2-4-13(9-12)18-15(21)11-6-7-11/h2-4,9-11H,5-8H2,1H3,(H,17,22)(H,18,21)(H,19,20). The molecule has 0 saturated heterocycles. The van der Waals surface area contributed by atoms with E-state index in [1.807, 2.05) is 0 Å². The number of carbonyl (C=O) groups excluding carboxylic acids is 2. The van der Waals surface area contributed by atoms with Gasteiger partial charge in [-0.15, -0.1) is 0 Å². The summed E-state index contributed by atoms with van der Waals surface area (Å²) in [6.45, 7) is 1.76. The lowest BCUT2D eigenvalue weighted by Gasteiger charge is -2.13. The Morgan fingerprint density at radius 2 is 2.05 bits per heavy atom. The summed E-state index contributed by atoms with van der Waals surface area (Å²) in [7, 11) is 0. The Morgan fingerprint density at radius 1 is 1.32 bits per heavy atom. The van der Waals surface area contributed by atoms with Gasteiger partial charge >= 0.3 is 5.97 Å². The molecular weight excluding hydrogens is 284 g/mol. The van der Waals surface area contributed by atoms with Crippen LogP contribution in [-0.2, 0) is 9.59 Å². The van der Waals surface area contributed by atoms with Crippen molar-refractivity contribution in [2.24, 2.45) is 5.92 Å². The molecule has 3 N–H and O–H groups in total. The number of anilines is 1. The van der Waals surface area contributed by atoms with E-state index >= 15 is 0 Å². The fourth-order valence-electron chi connectivity index (χ4n) is 2.05. The van der Waals surface area contributed by atoms with E-state index in [9.17, 15) is 14.4 Å². The molecule has 22 heavy (non-hydrogen) atoms. The molecule has 1 saturated carbocycles. The highest BCUT2D eigenvalue weighted by molar-refractivity contribution is 5.98. The zero-order chi connectivity index (χ0) is 16.1. The van der Waals surface area contributed by atoms with E-state index in [4.69, 9.17) is 5.11 Å². The highest BCUT2D eigenvalue weighted by Gasteiger charge is 2.29. The lowest BCUT2D eigenvalue weighted by Crippen LogP contribution is -2.33. The van der Waals surface area contributed by atoms with E-state index in [1.54, 1.807) is 31.2 Å². The highest BCUT2D eigenvalue weighted by Crippen LogP contribution is 2.30. The Balaban J connectivity index is 1.91. The van der Waals surface area contributed by atoms with Crippen LogP contribution in [0.3, 0.4) is 0 Å². The van der Waals surface area contributed by atoms with Gasteiger partial charge in [0.1, 0.15) is 0 Å². The Kier molecular flexibility index (Phi) is 5.14. The van der Waals surface area contributed by atoms with Crippen molar-refractivity contribution in [1.29, 1.82) is 0 Å². The molecule has 1 atom stereocenters. The molecule has 0 spiro atoms. The van der Waals surface area contributed by atoms with Crippen LogP contribution in [0.15, 0.2) is 24.3 Å². The van der Waals surface area contributed by atoms with Crippen molar-refractivity contribution >= 4 is 23.5 Å². The van der Waals surface area contributed by atoms with Crippen LogP contribution < -0.4 is 10.6 Å². The van der Waals surface area contributed by atoms with Crippen LogP contribution in [0.25, 0.3) is 0 Å². The number of nitrogens with one attached hydrogen (secondary N) is 2. The van der Waals surface area contributed by atoms with Crippen molar-refractivity contribution in [3.05, 3.63) is 29.8 Å². The van der Waals surface area contributed by atoms with Crippen molar-refractivity contribution in [3.63, 3.8) is 0 Å². The van der Waals surface area contributed by atoms with Crippen molar-refractivity contribution in [3.8, 4) is 0 Å². The van der Waals surface area contributed by atoms with Gasteiger partial charge in [0.15, 0.2) is 0 Å². The van der Waals surface area contributed by atoms with E-state index in [2.05, 4.69) is 10.6 Å². The molecule has 0 aromatic heterocycles. The van der Waals surface area contributed by atoms with Gasteiger partial charge in [-0.1, -0.05) is 6.07 Å². The van der Waals surface area contributed by atoms with E-state index in [0.717, 1.165) is 12.8 Å². The maximum Gasteiger partial charge on any atom is 0.303 e. The van der Waals surface area contributed by atoms with Gasteiger partial charge in [-0.3, -0.25) is 14.4 Å². The number of amides is 2. The van der Waals surface area contributed by atoms with Crippen LogP contribution in [0.2, 0.25) is 0 Å². The Bertz CT molecular complexity index is 581. The zero-order valence-corrected chi connectivity index (χ0v) is 12.5. The molecule has 1 aromatic rings. The van der Waals surface area contributed by atoms with Crippen LogP contribution in [-0.4, -0.2) is 28.9 Å². The van der Waals surface area contributed by atoms with Crippen molar-refractivity contribution in [2.45, 2.75) is 38.6 Å². The predicted molar refractivity (Wildman–Crippen MR) is 81.6 cm³/mol. The molecule has 1 fully saturated rings. The first-order valence-corrected chi connectivity index (χ1v) is 7.39. The fourth-order valence-corrected chi connectivity index (χ4v) is 2.05. The van der Waals surface area contributed by atoms with E-state index < -0.39 is 5.97 Å². The van der Waals surface area contributed by atoms with Gasteiger partial charge in [-0.2, -0.15) is 0 Å². The van der Waals surface area contributed by atoms with Crippen LogP contribution >= 0.6 is 0 Å². The Hall–Kier alpha value is -2.37. The number of carboxylic acid groups (broad SMARTS) is 1. The smallest absolute Gasteiger partial charge is 0.303 e.